The summed E-state index contributed by atoms with van der Waals surface area (Å²) in [7, 11) is -0.722. The molecule has 0 unspecified atom stereocenters. The SMILES string of the molecule is CN(C)S(=O)(=O)c1cc(Br)c(OC(N)=O)c(Br)c1. The molecule has 0 saturated heterocycles. The first kappa shape index (κ1) is 15.4. The Hall–Kier alpha value is -0.640. The Morgan fingerprint density at radius 1 is 1.28 bits per heavy atom. The van der Waals surface area contributed by atoms with Gasteiger partial charge >= 0.3 is 6.09 Å². The van der Waals surface area contributed by atoms with Crippen LogP contribution in [0.3, 0.4) is 0 Å². The fraction of sp³-hybridized carbons (Fsp3) is 0.222. The lowest BCUT2D eigenvalue weighted by Gasteiger charge is -2.13. The van der Waals surface area contributed by atoms with E-state index in [1.54, 1.807) is 0 Å². The molecule has 1 aromatic rings. The van der Waals surface area contributed by atoms with Gasteiger partial charge in [0.1, 0.15) is 0 Å². The van der Waals surface area contributed by atoms with Crippen molar-refractivity contribution < 1.29 is 17.9 Å². The van der Waals surface area contributed by atoms with Crippen LogP contribution in [0.5, 0.6) is 5.75 Å². The summed E-state index contributed by atoms with van der Waals surface area (Å²) in [6.45, 7) is 0. The third kappa shape index (κ3) is 3.22. The van der Waals surface area contributed by atoms with Crippen molar-refractivity contribution in [1.29, 1.82) is 0 Å². The van der Waals surface area contributed by atoms with Crippen LogP contribution < -0.4 is 10.5 Å². The Labute approximate surface area is 121 Å². The molecule has 0 heterocycles. The normalized spacial score (nSPS) is 11.6. The first-order valence-corrected chi connectivity index (χ1v) is 7.57. The fourth-order valence-corrected chi connectivity index (χ4v) is 3.70. The van der Waals surface area contributed by atoms with Gasteiger partial charge in [-0.2, -0.15) is 0 Å². The van der Waals surface area contributed by atoms with Crippen LogP contribution in [0.2, 0.25) is 0 Å². The summed E-state index contributed by atoms with van der Waals surface area (Å²) >= 11 is 6.24. The van der Waals surface area contributed by atoms with Gasteiger partial charge in [0, 0.05) is 14.1 Å². The first-order chi connectivity index (χ1) is 8.16. The summed E-state index contributed by atoms with van der Waals surface area (Å²) < 4.78 is 30.3. The van der Waals surface area contributed by atoms with Crippen molar-refractivity contribution in [2.24, 2.45) is 5.73 Å². The maximum atomic E-state index is 11.9. The van der Waals surface area contributed by atoms with Gasteiger partial charge in [-0.15, -0.1) is 0 Å². The van der Waals surface area contributed by atoms with Crippen LogP contribution in [-0.4, -0.2) is 32.9 Å². The molecule has 18 heavy (non-hydrogen) atoms. The molecule has 0 aliphatic heterocycles. The number of rotatable bonds is 3. The monoisotopic (exact) mass is 400 g/mol. The number of hydrogen-bond donors (Lipinski definition) is 1. The molecular weight excluding hydrogens is 392 g/mol. The summed E-state index contributed by atoms with van der Waals surface area (Å²) in [6.07, 6.45) is -0.986. The Morgan fingerprint density at radius 3 is 2.06 bits per heavy atom. The molecule has 0 aliphatic carbocycles. The number of halogens is 2. The van der Waals surface area contributed by atoms with Crippen molar-refractivity contribution in [3.8, 4) is 5.75 Å². The topological polar surface area (TPSA) is 89.7 Å². The van der Waals surface area contributed by atoms with Gasteiger partial charge in [0.2, 0.25) is 10.0 Å². The van der Waals surface area contributed by atoms with E-state index >= 15 is 0 Å². The minimum absolute atomic E-state index is 0.0584. The van der Waals surface area contributed by atoms with E-state index in [-0.39, 0.29) is 10.6 Å². The second-order valence-electron chi connectivity index (χ2n) is 3.42. The Morgan fingerprint density at radius 2 is 1.72 bits per heavy atom. The zero-order chi connectivity index (χ0) is 14.1. The van der Waals surface area contributed by atoms with Crippen LogP contribution in [0.4, 0.5) is 4.79 Å². The van der Waals surface area contributed by atoms with E-state index in [1.165, 1.54) is 26.2 Å². The predicted octanol–water partition coefficient (Wildman–Crippen LogP) is 1.92. The number of carbonyl (C=O) groups is 1. The molecule has 1 amide bonds. The number of hydrogen-bond acceptors (Lipinski definition) is 4. The van der Waals surface area contributed by atoms with Crippen LogP contribution in [0.25, 0.3) is 0 Å². The largest absolute Gasteiger partial charge is 0.410 e. The highest BCUT2D eigenvalue weighted by atomic mass is 79.9. The summed E-state index contributed by atoms with van der Waals surface area (Å²) in [5.74, 6) is 0.125. The number of sulfonamides is 1. The van der Waals surface area contributed by atoms with E-state index in [2.05, 4.69) is 31.9 Å². The van der Waals surface area contributed by atoms with Crippen LogP contribution in [-0.2, 0) is 10.0 Å². The van der Waals surface area contributed by atoms with E-state index < -0.39 is 16.1 Å². The third-order valence-electron chi connectivity index (χ3n) is 1.95. The van der Waals surface area contributed by atoms with Crippen molar-refractivity contribution in [3.63, 3.8) is 0 Å². The van der Waals surface area contributed by atoms with Crippen molar-refractivity contribution in [2.75, 3.05) is 14.1 Å². The Bertz CT molecular complexity index is 563. The van der Waals surface area contributed by atoms with Crippen molar-refractivity contribution in [2.45, 2.75) is 4.90 Å². The van der Waals surface area contributed by atoms with Gasteiger partial charge in [-0.1, -0.05) is 0 Å². The molecule has 0 radical (unpaired) electrons. The molecule has 0 aromatic heterocycles. The summed E-state index contributed by atoms with van der Waals surface area (Å²) in [5, 5.41) is 0. The molecular formula is C9H10Br2N2O4S. The molecule has 0 bridgehead atoms. The summed E-state index contributed by atoms with van der Waals surface area (Å²) in [4.78, 5) is 10.8. The van der Waals surface area contributed by atoms with Gasteiger partial charge in [0.25, 0.3) is 0 Å². The van der Waals surface area contributed by atoms with Gasteiger partial charge in [-0.05, 0) is 44.0 Å². The number of nitrogens with two attached hydrogens (primary N) is 1. The average molecular weight is 402 g/mol. The lowest BCUT2D eigenvalue weighted by atomic mass is 10.3. The zero-order valence-corrected chi connectivity index (χ0v) is 13.5. The lowest BCUT2D eigenvalue weighted by Crippen LogP contribution is -2.22. The molecule has 9 heteroatoms. The molecule has 1 rings (SSSR count). The second-order valence-corrected chi connectivity index (χ2v) is 7.29. The van der Waals surface area contributed by atoms with Gasteiger partial charge in [0.15, 0.2) is 5.75 Å². The third-order valence-corrected chi connectivity index (χ3v) is 4.92. The van der Waals surface area contributed by atoms with E-state index in [0.29, 0.717) is 8.95 Å². The highest BCUT2D eigenvalue weighted by Crippen LogP contribution is 2.36. The van der Waals surface area contributed by atoms with E-state index in [9.17, 15) is 13.2 Å². The highest BCUT2D eigenvalue weighted by Gasteiger charge is 2.21. The maximum absolute atomic E-state index is 11.9. The van der Waals surface area contributed by atoms with Gasteiger partial charge in [0.05, 0.1) is 13.8 Å². The predicted molar refractivity (Wildman–Crippen MR) is 72.9 cm³/mol. The number of primary amides is 1. The highest BCUT2D eigenvalue weighted by molar-refractivity contribution is 9.11. The summed E-state index contributed by atoms with van der Waals surface area (Å²) in [5.41, 5.74) is 4.91. The minimum atomic E-state index is -3.57. The smallest absolute Gasteiger partial charge is 0.408 e. The molecule has 100 valence electrons. The van der Waals surface area contributed by atoms with Crippen LogP contribution in [0, 0.1) is 0 Å². The van der Waals surface area contributed by atoms with E-state index in [4.69, 9.17) is 10.5 Å². The Kier molecular flexibility index (Phi) is 4.76. The van der Waals surface area contributed by atoms with Crippen LogP contribution >= 0.6 is 31.9 Å². The quantitative estimate of drug-likeness (QED) is 0.837. The van der Waals surface area contributed by atoms with E-state index in [0.717, 1.165) is 4.31 Å². The number of amides is 1. The first-order valence-electron chi connectivity index (χ1n) is 4.55. The van der Waals surface area contributed by atoms with Crippen LogP contribution in [0.15, 0.2) is 26.0 Å². The average Bonchev–Trinajstić information content (AvgIpc) is 2.22. The standard InChI is InChI=1S/C9H10Br2N2O4S/c1-13(2)18(15,16)5-3-6(10)8(7(11)4-5)17-9(12)14/h3-4H,1-2H3,(H2,12,14). The molecule has 2 N–H and O–H groups in total. The lowest BCUT2D eigenvalue weighted by molar-refractivity contribution is 0.210. The van der Waals surface area contributed by atoms with Crippen molar-refractivity contribution >= 4 is 48.0 Å². The number of benzene rings is 1. The minimum Gasteiger partial charge on any atom is -0.408 e. The van der Waals surface area contributed by atoms with Gasteiger partial charge in [-0.3, -0.25) is 0 Å². The van der Waals surface area contributed by atoms with Crippen LogP contribution in [0.1, 0.15) is 0 Å². The maximum Gasteiger partial charge on any atom is 0.410 e. The summed E-state index contributed by atoms with van der Waals surface area (Å²) in [6, 6.07) is 2.66. The molecule has 0 aliphatic rings. The molecule has 0 spiro atoms. The zero-order valence-electron chi connectivity index (χ0n) is 9.48. The molecule has 6 nitrogen and oxygen atoms in total. The number of ether oxygens (including phenoxy) is 1. The van der Waals surface area contributed by atoms with Crippen molar-refractivity contribution in [3.05, 3.63) is 21.1 Å². The number of nitrogens with zero attached hydrogens (tertiary/aromatic N) is 1. The second kappa shape index (κ2) is 5.55. The van der Waals surface area contributed by atoms with Gasteiger partial charge in [-0.25, -0.2) is 17.5 Å². The fourth-order valence-electron chi connectivity index (χ4n) is 1.09. The molecule has 0 saturated carbocycles. The van der Waals surface area contributed by atoms with Crippen molar-refractivity contribution in [1.82, 2.24) is 4.31 Å². The molecule has 0 atom stereocenters. The molecule has 1 aromatic carbocycles. The number of carbonyl (C=O) groups excluding carboxylic acids is 1. The van der Waals surface area contributed by atoms with Gasteiger partial charge < -0.3 is 10.5 Å². The van der Waals surface area contributed by atoms with E-state index in [1.807, 2.05) is 0 Å². The molecule has 0 fully saturated rings. The Balaban J connectivity index is 3.36.